The van der Waals surface area contributed by atoms with Crippen LogP contribution in [0.2, 0.25) is 0 Å². The van der Waals surface area contributed by atoms with E-state index in [1.54, 1.807) is 0 Å². The molecule has 0 radical (unpaired) electrons. The first kappa shape index (κ1) is 9.19. The number of fused-ring (bicyclic) bond motifs is 2. The molecule has 2 aliphatic rings. The van der Waals surface area contributed by atoms with Crippen molar-refractivity contribution in [2.24, 2.45) is 0 Å². The van der Waals surface area contributed by atoms with Crippen LogP contribution in [0.25, 0.3) is 0 Å². The lowest BCUT2D eigenvalue weighted by Crippen LogP contribution is -2.45. The van der Waals surface area contributed by atoms with Gasteiger partial charge in [-0.1, -0.05) is 18.2 Å². The second-order valence-electron chi connectivity index (χ2n) is 4.26. The van der Waals surface area contributed by atoms with Crippen molar-refractivity contribution in [2.45, 2.75) is 18.4 Å². The summed E-state index contributed by atoms with van der Waals surface area (Å²) in [5, 5.41) is 6.68. The minimum atomic E-state index is -0.0346. The quantitative estimate of drug-likeness (QED) is 0.674. The van der Waals surface area contributed by atoms with Gasteiger partial charge >= 0.3 is 0 Å². The molecule has 3 rings (SSSR count). The van der Waals surface area contributed by atoms with E-state index < -0.39 is 0 Å². The Morgan fingerprint density at radius 1 is 1.13 bits per heavy atom. The summed E-state index contributed by atoms with van der Waals surface area (Å²) >= 11 is 0. The fourth-order valence-corrected chi connectivity index (χ4v) is 2.61. The summed E-state index contributed by atoms with van der Waals surface area (Å²) in [6.07, 6.45) is 2.15. The van der Waals surface area contributed by atoms with Gasteiger partial charge in [-0.05, 0) is 32.0 Å². The summed E-state index contributed by atoms with van der Waals surface area (Å²) in [5.74, 6) is 0. The van der Waals surface area contributed by atoms with Crippen LogP contribution in [-0.2, 0) is 10.3 Å². The predicted molar refractivity (Wildman–Crippen MR) is 59.8 cm³/mol. The first-order valence-corrected chi connectivity index (χ1v) is 5.59. The molecule has 2 N–H and O–H groups in total. The van der Waals surface area contributed by atoms with Crippen molar-refractivity contribution in [2.75, 3.05) is 25.1 Å². The highest BCUT2D eigenvalue weighted by molar-refractivity contribution is 5.55. The average Bonchev–Trinajstić information content (AvgIpc) is 2.31. The molecule has 1 spiro atoms. The van der Waals surface area contributed by atoms with Crippen LogP contribution in [0, 0.1) is 0 Å². The van der Waals surface area contributed by atoms with Crippen LogP contribution in [0.5, 0.6) is 0 Å². The highest BCUT2D eigenvalue weighted by atomic mass is 16.5. The number of hydrogen-bond acceptors (Lipinski definition) is 3. The first-order valence-electron chi connectivity index (χ1n) is 5.59. The Bertz CT molecular complexity index is 358. The van der Waals surface area contributed by atoms with Crippen molar-refractivity contribution in [3.8, 4) is 0 Å². The van der Waals surface area contributed by atoms with E-state index in [1.807, 2.05) is 0 Å². The largest absolute Gasteiger partial charge is 0.362 e. The van der Waals surface area contributed by atoms with Gasteiger partial charge in [0.25, 0.3) is 0 Å². The molecule has 3 heteroatoms. The summed E-state index contributed by atoms with van der Waals surface area (Å²) in [6.45, 7) is 2.74. The van der Waals surface area contributed by atoms with Crippen LogP contribution in [0.3, 0.4) is 0 Å². The maximum atomic E-state index is 5.98. The predicted octanol–water partition coefficient (Wildman–Crippen LogP) is 1.66. The van der Waals surface area contributed by atoms with Gasteiger partial charge in [-0.15, -0.1) is 0 Å². The Labute approximate surface area is 89.8 Å². The Morgan fingerprint density at radius 2 is 1.93 bits per heavy atom. The maximum absolute atomic E-state index is 5.98. The highest BCUT2D eigenvalue weighted by Crippen LogP contribution is 2.41. The third kappa shape index (κ3) is 1.43. The van der Waals surface area contributed by atoms with Gasteiger partial charge < -0.3 is 15.4 Å². The highest BCUT2D eigenvalue weighted by Gasteiger charge is 2.38. The van der Waals surface area contributed by atoms with Gasteiger partial charge in [0, 0.05) is 11.3 Å². The van der Waals surface area contributed by atoms with Crippen molar-refractivity contribution in [3.05, 3.63) is 29.8 Å². The van der Waals surface area contributed by atoms with Crippen molar-refractivity contribution in [1.82, 2.24) is 5.32 Å². The third-order valence-electron chi connectivity index (χ3n) is 3.44. The molecule has 0 aliphatic carbocycles. The zero-order chi connectivity index (χ0) is 10.1. The number of ether oxygens (including phenoxy) is 1. The molecule has 0 saturated carbocycles. The average molecular weight is 204 g/mol. The Hall–Kier alpha value is -1.06. The van der Waals surface area contributed by atoms with E-state index in [2.05, 4.69) is 34.9 Å². The lowest BCUT2D eigenvalue weighted by atomic mass is 9.83. The number of nitrogens with one attached hydrogen (secondary N) is 2. The van der Waals surface area contributed by atoms with Gasteiger partial charge in [0.15, 0.2) is 0 Å². The molecule has 1 aromatic carbocycles. The zero-order valence-corrected chi connectivity index (χ0v) is 8.75. The molecule has 0 unspecified atom stereocenters. The molecular weight excluding hydrogens is 188 g/mol. The van der Waals surface area contributed by atoms with E-state index in [0.717, 1.165) is 25.9 Å². The molecule has 0 bridgehead atoms. The molecule has 1 saturated heterocycles. The molecule has 0 aromatic heterocycles. The molecule has 0 atom stereocenters. The van der Waals surface area contributed by atoms with Gasteiger partial charge in [0.05, 0.1) is 5.60 Å². The molecule has 1 fully saturated rings. The lowest BCUT2D eigenvalue weighted by Gasteiger charge is -2.42. The van der Waals surface area contributed by atoms with E-state index in [1.165, 1.54) is 11.3 Å². The second kappa shape index (κ2) is 3.51. The van der Waals surface area contributed by atoms with E-state index >= 15 is 0 Å². The summed E-state index contributed by atoms with van der Waals surface area (Å²) < 4.78 is 5.98. The van der Waals surface area contributed by atoms with Crippen molar-refractivity contribution < 1.29 is 4.74 Å². The molecule has 1 aromatic rings. The minimum absolute atomic E-state index is 0.0346. The minimum Gasteiger partial charge on any atom is -0.362 e. The molecule has 0 amide bonds. The fraction of sp³-hybridized carbons (Fsp3) is 0.500. The number of para-hydroxylation sites is 1. The number of anilines is 1. The van der Waals surface area contributed by atoms with Gasteiger partial charge in [-0.2, -0.15) is 0 Å². The fourth-order valence-electron chi connectivity index (χ4n) is 2.61. The third-order valence-corrected chi connectivity index (χ3v) is 3.44. The Balaban J connectivity index is 2.04. The van der Waals surface area contributed by atoms with E-state index in [-0.39, 0.29) is 5.60 Å². The van der Waals surface area contributed by atoms with Gasteiger partial charge in [0.1, 0.15) is 6.73 Å². The summed E-state index contributed by atoms with van der Waals surface area (Å²) in [7, 11) is 0. The van der Waals surface area contributed by atoms with Crippen LogP contribution in [-0.4, -0.2) is 19.8 Å². The van der Waals surface area contributed by atoms with Crippen molar-refractivity contribution in [1.29, 1.82) is 0 Å². The van der Waals surface area contributed by atoms with Crippen LogP contribution in [0.1, 0.15) is 18.4 Å². The normalized spacial score (nSPS) is 23.2. The Morgan fingerprint density at radius 3 is 2.80 bits per heavy atom. The van der Waals surface area contributed by atoms with Gasteiger partial charge in [-0.25, -0.2) is 0 Å². The van der Waals surface area contributed by atoms with Crippen molar-refractivity contribution in [3.63, 3.8) is 0 Å². The number of benzene rings is 1. The van der Waals surface area contributed by atoms with Gasteiger partial charge in [-0.3, -0.25) is 0 Å². The van der Waals surface area contributed by atoms with Crippen LogP contribution in [0.4, 0.5) is 5.69 Å². The molecule has 80 valence electrons. The molecule has 3 nitrogen and oxygen atoms in total. The van der Waals surface area contributed by atoms with Crippen LogP contribution < -0.4 is 10.6 Å². The Kier molecular flexibility index (Phi) is 2.15. The topological polar surface area (TPSA) is 33.3 Å². The molecular formula is C12H16N2O. The van der Waals surface area contributed by atoms with E-state index in [0.29, 0.717) is 6.73 Å². The molecule has 2 aliphatic heterocycles. The molecule has 15 heavy (non-hydrogen) atoms. The number of hydrogen-bond donors (Lipinski definition) is 2. The number of piperidine rings is 1. The zero-order valence-electron chi connectivity index (χ0n) is 8.75. The maximum Gasteiger partial charge on any atom is 0.117 e. The monoisotopic (exact) mass is 204 g/mol. The number of rotatable bonds is 0. The van der Waals surface area contributed by atoms with E-state index in [4.69, 9.17) is 4.74 Å². The SMILES string of the molecule is c1ccc2c(c1)NCOC21CCNCC1. The summed E-state index contributed by atoms with van der Waals surface area (Å²) in [6, 6.07) is 8.50. The lowest BCUT2D eigenvalue weighted by molar-refractivity contribution is -0.0690. The standard InChI is InChI=1S/C12H16N2O/c1-2-4-11-10(3-1)12(15-9-14-11)5-7-13-8-6-12/h1-4,13-14H,5-9H2. The van der Waals surface area contributed by atoms with Crippen LogP contribution >= 0.6 is 0 Å². The van der Waals surface area contributed by atoms with Crippen molar-refractivity contribution >= 4 is 5.69 Å². The first-order chi connectivity index (χ1) is 7.41. The van der Waals surface area contributed by atoms with Crippen LogP contribution in [0.15, 0.2) is 24.3 Å². The second-order valence-corrected chi connectivity index (χ2v) is 4.26. The molecule has 2 heterocycles. The summed E-state index contributed by atoms with van der Waals surface area (Å²) in [4.78, 5) is 0. The van der Waals surface area contributed by atoms with E-state index in [9.17, 15) is 0 Å². The summed E-state index contributed by atoms with van der Waals surface area (Å²) in [5.41, 5.74) is 2.54. The van der Waals surface area contributed by atoms with Gasteiger partial charge in [0.2, 0.25) is 0 Å². The smallest absolute Gasteiger partial charge is 0.117 e.